The molecule has 0 bridgehead atoms. The molecular weight excluding hydrogens is 217 g/mol. The highest BCUT2D eigenvalue weighted by Gasteiger charge is 2.27. The van der Waals surface area contributed by atoms with Crippen molar-refractivity contribution in [2.75, 3.05) is 6.54 Å². The van der Waals surface area contributed by atoms with Gasteiger partial charge in [-0.15, -0.1) is 0 Å². The van der Waals surface area contributed by atoms with Crippen molar-refractivity contribution in [2.45, 2.75) is 31.8 Å². The van der Waals surface area contributed by atoms with Crippen LogP contribution in [0.5, 0.6) is 0 Å². The van der Waals surface area contributed by atoms with E-state index in [1.165, 1.54) is 0 Å². The highest BCUT2D eigenvalue weighted by Crippen LogP contribution is 2.44. The third-order valence-corrected chi connectivity index (χ3v) is 3.53. The topological polar surface area (TPSA) is 86.6 Å². The Bertz CT molecular complexity index is 261. The summed E-state index contributed by atoms with van der Waals surface area (Å²) >= 11 is 0. The van der Waals surface area contributed by atoms with E-state index in [2.05, 4.69) is 11.9 Å². The Morgan fingerprint density at radius 2 is 2.13 bits per heavy atom. The number of hydrogen-bond donors (Lipinski definition) is 3. The van der Waals surface area contributed by atoms with Gasteiger partial charge in [-0.3, -0.25) is 9.36 Å². The van der Waals surface area contributed by atoms with Crippen molar-refractivity contribution in [3.8, 4) is 0 Å². The van der Waals surface area contributed by atoms with E-state index >= 15 is 0 Å². The molecule has 3 N–H and O–H groups in total. The van der Waals surface area contributed by atoms with E-state index < -0.39 is 13.3 Å². The number of rotatable bonds is 7. The highest BCUT2D eigenvalue weighted by atomic mass is 31.2. The summed E-state index contributed by atoms with van der Waals surface area (Å²) in [6, 6.07) is 0. The monoisotopic (exact) mass is 235 g/mol. The summed E-state index contributed by atoms with van der Waals surface area (Å²) in [6.07, 6.45) is 2.60. The van der Waals surface area contributed by atoms with Crippen LogP contribution in [0.15, 0.2) is 12.7 Å². The van der Waals surface area contributed by atoms with Crippen LogP contribution < -0.4 is 5.32 Å². The lowest BCUT2D eigenvalue weighted by Gasteiger charge is -2.17. The van der Waals surface area contributed by atoms with Gasteiger partial charge in [0.15, 0.2) is 0 Å². The van der Waals surface area contributed by atoms with Crippen LogP contribution in [-0.4, -0.2) is 27.9 Å². The molecule has 6 heteroatoms. The van der Waals surface area contributed by atoms with E-state index in [0.29, 0.717) is 12.8 Å². The van der Waals surface area contributed by atoms with Crippen LogP contribution in [0.1, 0.15) is 26.2 Å². The zero-order valence-corrected chi connectivity index (χ0v) is 9.74. The zero-order valence-electron chi connectivity index (χ0n) is 8.85. The van der Waals surface area contributed by atoms with Gasteiger partial charge in [0.1, 0.15) is 0 Å². The molecule has 0 rings (SSSR count). The summed E-state index contributed by atoms with van der Waals surface area (Å²) < 4.78 is 11.0. The molecule has 88 valence electrons. The molecule has 0 aliphatic rings. The van der Waals surface area contributed by atoms with Gasteiger partial charge in [0, 0.05) is 6.54 Å². The summed E-state index contributed by atoms with van der Waals surface area (Å²) in [7, 11) is -4.04. The molecule has 0 aromatic rings. The quantitative estimate of drug-likeness (QED) is 0.454. The second-order valence-corrected chi connectivity index (χ2v) is 5.22. The lowest BCUT2D eigenvalue weighted by Crippen LogP contribution is -2.25. The maximum atomic E-state index is 11.0. The van der Waals surface area contributed by atoms with Gasteiger partial charge in [-0.1, -0.05) is 19.9 Å². The van der Waals surface area contributed by atoms with Crippen molar-refractivity contribution in [3.63, 3.8) is 0 Å². The van der Waals surface area contributed by atoms with Crippen molar-refractivity contribution < 1.29 is 19.1 Å². The number of nitrogens with one attached hydrogen (secondary N) is 1. The Balaban J connectivity index is 4.03. The van der Waals surface area contributed by atoms with E-state index in [1.807, 2.05) is 6.92 Å². The molecule has 0 radical (unpaired) electrons. The van der Waals surface area contributed by atoms with Crippen LogP contribution in [-0.2, 0) is 9.36 Å². The molecule has 0 aliphatic carbocycles. The van der Waals surface area contributed by atoms with Gasteiger partial charge in [-0.05, 0) is 18.9 Å². The molecule has 0 aromatic heterocycles. The first-order valence-electron chi connectivity index (χ1n) is 4.87. The molecule has 1 unspecified atom stereocenters. The molecule has 0 aromatic carbocycles. The Hall–Kier alpha value is -0.640. The first-order valence-corrected chi connectivity index (χ1v) is 6.55. The van der Waals surface area contributed by atoms with Crippen LogP contribution in [0.4, 0.5) is 0 Å². The first-order chi connectivity index (χ1) is 6.91. The standard InChI is InChI=1S/C9H18NO4P/c1-3-5-8(15(12,13)14)6-7-10-9(11)4-2/h4,8H,2-3,5-7H2,1H3,(H,10,11)(H2,12,13,14). The van der Waals surface area contributed by atoms with Crippen LogP contribution in [0.3, 0.4) is 0 Å². The van der Waals surface area contributed by atoms with Gasteiger partial charge < -0.3 is 15.1 Å². The summed E-state index contributed by atoms with van der Waals surface area (Å²) in [5.41, 5.74) is -0.660. The predicted molar refractivity (Wildman–Crippen MR) is 58.6 cm³/mol. The number of amides is 1. The Labute approximate surface area is 89.7 Å². The average Bonchev–Trinajstić information content (AvgIpc) is 2.14. The fraction of sp³-hybridized carbons (Fsp3) is 0.667. The Morgan fingerprint density at radius 1 is 1.53 bits per heavy atom. The highest BCUT2D eigenvalue weighted by molar-refractivity contribution is 7.52. The van der Waals surface area contributed by atoms with Gasteiger partial charge in [-0.25, -0.2) is 0 Å². The molecule has 0 spiro atoms. The molecule has 1 atom stereocenters. The van der Waals surface area contributed by atoms with E-state index in [9.17, 15) is 9.36 Å². The van der Waals surface area contributed by atoms with Crippen molar-refractivity contribution in [2.24, 2.45) is 0 Å². The summed E-state index contributed by atoms with van der Waals surface area (Å²) in [4.78, 5) is 28.8. The second kappa shape index (κ2) is 6.77. The molecule has 1 amide bonds. The van der Waals surface area contributed by atoms with Crippen molar-refractivity contribution >= 4 is 13.5 Å². The van der Waals surface area contributed by atoms with Gasteiger partial charge in [0.25, 0.3) is 0 Å². The zero-order chi connectivity index (χ0) is 11.9. The van der Waals surface area contributed by atoms with E-state index in [-0.39, 0.29) is 18.9 Å². The molecule has 5 nitrogen and oxygen atoms in total. The Morgan fingerprint density at radius 3 is 2.53 bits per heavy atom. The van der Waals surface area contributed by atoms with Gasteiger partial charge >= 0.3 is 7.60 Å². The fourth-order valence-corrected chi connectivity index (χ4v) is 2.31. The number of carbonyl (C=O) groups is 1. The average molecular weight is 235 g/mol. The minimum Gasteiger partial charge on any atom is -0.353 e. The number of carbonyl (C=O) groups excluding carboxylic acids is 1. The molecular formula is C9H18NO4P. The maximum absolute atomic E-state index is 11.0. The fourth-order valence-electron chi connectivity index (χ4n) is 1.25. The van der Waals surface area contributed by atoms with Crippen LogP contribution in [0.2, 0.25) is 0 Å². The smallest absolute Gasteiger partial charge is 0.328 e. The van der Waals surface area contributed by atoms with Gasteiger partial charge in [0.05, 0.1) is 5.66 Å². The third kappa shape index (κ3) is 6.44. The van der Waals surface area contributed by atoms with Crippen molar-refractivity contribution in [1.82, 2.24) is 5.32 Å². The van der Waals surface area contributed by atoms with E-state index in [0.717, 1.165) is 6.08 Å². The van der Waals surface area contributed by atoms with E-state index in [1.54, 1.807) is 0 Å². The number of hydrogen-bond acceptors (Lipinski definition) is 2. The molecule has 0 saturated heterocycles. The lowest BCUT2D eigenvalue weighted by molar-refractivity contribution is -0.116. The summed E-state index contributed by atoms with van der Waals surface area (Å²) in [6.45, 7) is 5.41. The summed E-state index contributed by atoms with van der Waals surface area (Å²) in [5, 5.41) is 2.49. The SMILES string of the molecule is C=CC(=O)NCCC(CCC)P(=O)(O)O. The third-order valence-electron chi connectivity index (χ3n) is 2.06. The predicted octanol–water partition coefficient (Wildman–Crippen LogP) is 1.03. The minimum absolute atomic E-state index is 0.265. The van der Waals surface area contributed by atoms with Crippen LogP contribution in [0.25, 0.3) is 0 Å². The van der Waals surface area contributed by atoms with Crippen molar-refractivity contribution in [1.29, 1.82) is 0 Å². The minimum atomic E-state index is -4.04. The summed E-state index contributed by atoms with van der Waals surface area (Å²) in [5.74, 6) is -0.323. The molecule has 0 fully saturated rings. The largest absolute Gasteiger partial charge is 0.353 e. The lowest BCUT2D eigenvalue weighted by atomic mass is 10.2. The van der Waals surface area contributed by atoms with Gasteiger partial charge in [0.2, 0.25) is 5.91 Å². The molecule has 15 heavy (non-hydrogen) atoms. The van der Waals surface area contributed by atoms with Crippen LogP contribution >= 0.6 is 7.60 Å². The van der Waals surface area contributed by atoms with Crippen LogP contribution in [0, 0.1) is 0 Å². The Kier molecular flexibility index (Phi) is 6.48. The molecule has 0 heterocycles. The van der Waals surface area contributed by atoms with Gasteiger partial charge in [-0.2, -0.15) is 0 Å². The maximum Gasteiger partial charge on any atom is 0.328 e. The van der Waals surface area contributed by atoms with E-state index in [4.69, 9.17) is 9.79 Å². The van der Waals surface area contributed by atoms with Crippen molar-refractivity contribution in [3.05, 3.63) is 12.7 Å². The molecule has 0 aliphatic heterocycles. The molecule has 0 saturated carbocycles. The normalized spacial score (nSPS) is 13.3. The first kappa shape index (κ1) is 14.4. The second-order valence-electron chi connectivity index (χ2n) is 3.32.